The van der Waals surface area contributed by atoms with Crippen molar-refractivity contribution in [2.45, 2.75) is 19.5 Å². The Labute approximate surface area is 214 Å². The minimum absolute atomic E-state index is 0.0141. The predicted molar refractivity (Wildman–Crippen MR) is 132 cm³/mol. The zero-order valence-electron chi connectivity index (χ0n) is 19.4. The molecule has 0 aliphatic carbocycles. The van der Waals surface area contributed by atoms with Crippen LogP contribution in [0, 0.1) is 5.82 Å². The van der Waals surface area contributed by atoms with Gasteiger partial charge in [0.15, 0.2) is 11.6 Å². The summed E-state index contributed by atoms with van der Waals surface area (Å²) in [4.78, 5) is 41.4. The van der Waals surface area contributed by atoms with Crippen LogP contribution in [0.3, 0.4) is 0 Å². The molecule has 1 N–H and O–H groups in total. The van der Waals surface area contributed by atoms with E-state index in [0.717, 1.165) is 10.6 Å². The van der Waals surface area contributed by atoms with Crippen molar-refractivity contribution in [2.24, 2.45) is 0 Å². The van der Waals surface area contributed by atoms with Gasteiger partial charge in [-0.1, -0.05) is 23.7 Å². The van der Waals surface area contributed by atoms with E-state index < -0.39 is 23.2 Å². The van der Waals surface area contributed by atoms with Crippen LogP contribution in [-0.2, 0) is 22.6 Å². The molecule has 0 bridgehead atoms. The third kappa shape index (κ3) is 6.35. The first-order valence-electron chi connectivity index (χ1n) is 10.9. The van der Waals surface area contributed by atoms with E-state index in [1.807, 2.05) is 0 Å². The molecule has 11 nitrogen and oxygen atoms in total. The van der Waals surface area contributed by atoms with E-state index in [1.165, 1.54) is 36.1 Å². The molecular weight excluding hydrogens is 507 g/mol. The zero-order chi connectivity index (χ0) is 26.4. The Bertz CT molecular complexity index is 1530. The van der Waals surface area contributed by atoms with Gasteiger partial charge in [-0.2, -0.15) is 10.1 Å². The van der Waals surface area contributed by atoms with Crippen LogP contribution in [0.25, 0.3) is 0 Å². The molecule has 0 saturated heterocycles. The van der Waals surface area contributed by atoms with E-state index in [4.69, 9.17) is 16.3 Å². The van der Waals surface area contributed by atoms with Gasteiger partial charge in [-0.25, -0.2) is 18.5 Å². The van der Waals surface area contributed by atoms with Crippen molar-refractivity contribution >= 4 is 29.2 Å². The lowest BCUT2D eigenvalue weighted by Gasteiger charge is -2.16. The Kier molecular flexibility index (Phi) is 7.89. The van der Waals surface area contributed by atoms with Crippen LogP contribution >= 0.6 is 11.6 Å². The van der Waals surface area contributed by atoms with Crippen LogP contribution in [0.2, 0.25) is 5.02 Å². The summed E-state index contributed by atoms with van der Waals surface area (Å²) in [6.07, 6.45) is 1.26. The highest BCUT2D eigenvalue weighted by molar-refractivity contribution is 6.30. The smallest absolute Gasteiger partial charge is 0.354 e. The van der Waals surface area contributed by atoms with Crippen molar-refractivity contribution in [3.63, 3.8) is 0 Å². The molecule has 4 rings (SSSR count). The first kappa shape index (κ1) is 25.5. The van der Waals surface area contributed by atoms with Crippen LogP contribution in [0.5, 0.6) is 11.6 Å². The molecule has 0 radical (unpaired) electrons. The van der Waals surface area contributed by atoms with E-state index >= 15 is 0 Å². The van der Waals surface area contributed by atoms with Gasteiger partial charge < -0.3 is 14.8 Å². The Balaban J connectivity index is 1.67. The first-order valence-corrected chi connectivity index (χ1v) is 11.3. The van der Waals surface area contributed by atoms with Gasteiger partial charge in [0.05, 0.1) is 20.1 Å². The van der Waals surface area contributed by atoms with E-state index in [9.17, 15) is 18.8 Å². The van der Waals surface area contributed by atoms with Gasteiger partial charge in [0.2, 0.25) is 11.8 Å². The van der Waals surface area contributed by atoms with Gasteiger partial charge in [0, 0.05) is 35.6 Å². The maximum Gasteiger partial charge on any atom is 0.354 e. The Morgan fingerprint density at radius 2 is 1.89 bits per heavy atom. The van der Waals surface area contributed by atoms with Crippen LogP contribution in [0.15, 0.2) is 70.4 Å². The number of carbonyl (C=O) groups excluding carboxylic acids is 1. The molecule has 37 heavy (non-hydrogen) atoms. The lowest BCUT2D eigenvalue weighted by atomic mass is 10.2. The Morgan fingerprint density at radius 3 is 2.57 bits per heavy atom. The average Bonchev–Trinajstić information content (AvgIpc) is 2.89. The molecule has 0 aliphatic heterocycles. The van der Waals surface area contributed by atoms with Crippen LogP contribution in [0.4, 0.5) is 16.0 Å². The van der Waals surface area contributed by atoms with E-state index in [-0.39, 0.29) is 42.8 Å². The molecule has 0 unspecified atom stereocenters. The second kappa shape index (κ2) is 11.4. The van der Waals surface area contributed by atoms with Crippen molar-refractivity contribution in [3.8, 4) is 11.6 Å². The van der Waals surface area contributed by atoms with Gasteiger partial charge in [0.1, 0.15) is 0 Å². The third-order valence-corrected chi connectivity index (χ3v) is 5.37. The fourth-order valence-electron chi connectivity index (χ4n) is 3.28. The average molecular weight is 527 g/mol. The van der Waals surface area contributed by atoms with Gasteiger partial charge in [0.25, 0.3) is 0 Å². The molecule has 0 spiro atoms. The van der Waals surface area contributed by atoms with Crippen LogP contribution in [-0.4, -0.2) is 37.4 Å². The van der Waals surface area contributed by atoms with Gasteiger partial charge >= 0.3 is 17.3 Å². The Hall–Kier alpha value is -4.58. The maximum atomic E-state index is 14.7. The van der Waals surface area contributed by atoms with Crippen LogP contribution in [0.1, 0.15) is 12.0 Å². The predicted octanol–water partition coefficient (Wildman–Crippen LogP) is 3.13. The maximum absolute atomic E-state index is 14.7. The van der Waals surface area contributed by atoms with Gasteiger partial charge in [-0.05, 0) is 35.9 Å². The number of aromatic nitrogens is 5. The summed E-state index contributed by atoms with van der Waals surface area (Å²) >= 11 is 5.96. The number of esters is 1. The number of methoxy groups -OCH3 is 1. The number of nitrogens with zero attached hydrogens (tertiary/aromatic N) is 5. The molecule has 190 valence electrons. The van der Waals surface area contributed by atoms with Crippen molar-refractivity contribution in [1.82, 2.24) is 24.3 Å². The third-order valence-electron chi connectivity index (χ3n) is 5.12. The van der Waals surface area contributed by atoms with E-state index in [1.54, 1.807) is 30.3 Å². The minimum Gasteiger partial charge on any atom is -0.469 e. The standard InChI is InChI=1S/C24H20ClFN6O5/c1-36-21(33)10-12-31-23(34)29-22(32(24(31)35)14-15-4-6-16(25)7-5-15)28-17-8-9-19(18(26)13-17)37-20-3-2-11-27-30-20/h2-9,11,13H,10,12,14H2,1H3,(H,28,29,34). The normalized spacial score (nSPS) is 10.7. The summed E-state index contributed by atoms with van der Waals surface area (Å²) in [7, 11) is 1.21. The summed E-state index contributed by atoms with van der Waals surface area (Å²) in [5.41, 5.74) is -0.711. The molecule has 0 fully saturated rings. The molecule has 2 aromatic carbocycles. The number of anilines is 2. The monoisotopic (exact) mass is 526 g/mol. The van der Waals surface area contributed by atoms with Crippen molar-refractivity contribution in [1.29, 1.82) is 0 Å². The largest absolute Gasteiger partial charge is 0.469 e. The first-order chi connectivity index (χ1) is 17.8. The fourth-order valence-corrected chi connectivity index (χ4v) is 3.41. The molecule has 0 amide bonds. The second-order valence-corrected chi connectivity index (χ2v) is 8.06. The highest BCUT2D eigenvalue weighted by Gasteiger charge is 2.16. The second-order valence-electron chi connectivity index (χ2n) is 7.63. The number of nitrogens with one attached hydrogen (secondary N) is 1. The molecule has 0 saturated carbocycles. The fraction of sp³-hybridized carbons (Fsp3) is 0.167. The summed E-state index contributed by atoms with van der Waals surface area (Å²) in [6.45, 7) is -0.207. The van der Waals surface area contributed by atoms with Gasteiger partial charge in [-0.3, -0.25) is 9.36 Å². The number of carbonyl (C=O) groups is 1. The summed E-state index contributed by atoms with van der Waals surface area (Å²) < 4.78 is 26.7. The van der Waals surface area contributed by atoms with Gasteiger partial charge in [-0.15, -0.1) is 5.10 Å². The SMILES string of the molecule is COC(=O)CCn1c(=O)nc(Nc2ccc(Oc3cccnn3)c(F)c2)n(Cc2ccc(Cl)cc2)c1=O. The van der Waals surface area contributed by atoms with E-state index in [0.29, 0.717) is 10.6 Å². The quantitative estimate of drug-likeness (QED) is 0.327. The van der Waals surface area contributed by atoms with E-state index in [2.05, 4.69) is 25.2 Å². The summed E-state index contributed by atoms with van der Waals surface area (Å²) in [5, 5.41) is 10.7. The number of rotatable bonds is 9. The summed E-state index contributed by atoms with van der Waals surface area (Å²) in [5.74, 6) is -1.43. The minimum atomic E-state index is -0.883. The topological polar surface area (TPSA) is 130 Å². The van der Waals surface area contributed by atoms with Crippen molar-refractivity contribution in [3.05, 3.63) is 98.2 Å². The molecule has 13 heteroatoms. The highest BCUT2D eigenvalue weighted by Crippen LogP contribution is 2.26. The zero-order valence-corrected chi connectivity index (χ0v) is 20.2. The molecule has 2 heterocycles. The number of benzene rings is 2. The number of ether oxygens (including phenoxy) is 2. The molecule has 0 atom stereocenters. The molecule has 2 aromatic heterocycles. The molecule has 4 aromatic rings. The summed E-state index contributed by atoms with van der Waals surface area (Å²) in [6, 6.07) is 13.8. The van der Waals surface area contributed by atoms with Crippen molar-refractivity contribution < 1.29 is 18.7 Å². The number of hydrogen-bond donors (Lipinski definition) is 1. The highest BCUT2D eigenvalue weighted by atomic mass is 35.5. The molecular formula is C24H20ClFN6O5. The number of hydrogen-bond acceptors (Lipinski definition) is 9. The van der Waals surface area contributed by atoms with Crippen molar-refractivity contribution in [2.75, 3.05) is 12.4 Å². The van der Waals surface area contributed by atoms with Crippen LogP contribution < -0.4 is 21.4 Å². The lowest BCUT2D eigenvalue weighted by Crippen LogP contribution is -2.43. The number of halogens is 2. The Morgan fingerprint density at radius 1 is 1.11 bits per heavy atom. The lowest BCUT2D eigenvalue weighted by molar-refractivity contribution is -0.140. The molecule has 0 aliphatic rings.